The number of nitrogens with zero attached hydrogens (tertiary/aromatic N) is 3. The zero-order chi connectivity index (χ0) is 21.1. The van der Waals surface area contributed by atoms with E-state index < -0.39 is 11.9 Å². The summed E-state index contributed by atoms with van der Waals surface area (Å²) >= 11 is 1.17. The number of rotatable bonds is 8. The molecule has 1 aromatic heterocycles. The molecule has 2 atom stereocenters. The zero-order valence-corrected chi connectivity index (χ0v) is 17.4. The lowest BCUT2D eigenvalue weighted by Crippen LogP contribution is -2.59. The van der Waals surface area contributed by atoms with Gasteiger partial charge in [0.15, 0.2) is 0 Å². The molecule has 0 bridgehead atoms. The van der Waals surface area contributed by atoms with Crippen molar-refractivity contribution < 1.29 is 18.8 Å². The van der Waals surface area contributed by atoms with Gasteiger partial charge in [-0.1, -0.05) is 42.1 Å². The summed E-state index contributed by atoms with van der Waals surface area (Å²) in [6.07, 6.45) is 2.28. The Balaban J connectivity index is 1.36. The van der Waals surface area contributed by atoms with Crippen LogP contribution >= 0.6 is 11.8 Å². The van der Waals surface area contributed by atoms with Crippen LogP contribution in [0.4, 0.5) is 4.79 Å². The van der Waals surface area contributed by atoms with E-state index in [-0.39, 0.29) is 41.8 Å². The number of urea groups is 1. The van der Waals surface area contributed by atoms with E-state index in [1.165, 1.54) is 16.7 Å². The van der Waals surface area contributed by atoms with Gasteiger partial charge < -0.3 is 15.1 Å². The van der Waals surface area contributed by atoms with Crippen LogP contribution in [0.5, 0.6) is 0 Å². The van der Waals surface area contributed by atoms with Crippen molar-refractivity contribution in [2.75, 3.05) is 5.75 Å². The molecule has 0 spiro atoms. The Bertz CT molecular complexity index is 930. The number of hydrogen-bond donors (Lipinski definition) is 2. The first-order valence-corrected chi connectivity index (χ1v) is 10.9. The quantitative estimate of drug-likeness (QED) is 0.614. The molecule has 30 heavy (non-hydrogen) atoms. The van der Waals surface area contributed by atoms with Gasteiger partial charge in [-0.2, -0.15) is 0 Å². The molecule has 4 amide bonds. The van der Waals surface area contributed by atoms with Crippen LogP contribution in [0.15, 0.2) is 40.0 Å². The Kier molecular flexibility index (Phi) is 6.03. The summed E-state index contributed by atoms with van der Waals surface area (Å²) in [6.45, 7) is 1.99. The lowest BCUT2D eigenvalue weighted by atomic mass is 9.93. The molecule has 9 nitrogen and oxygen atoms in total. The van der Waals surface area contributed by atoms with Crippen molar-refractivity contribution in [1.29, 1.82) is 0 Å². The predicted octanol–water partition coefficient (Wildman–Crippen LogP) is 1.74. The number of aromatic nitrogens is 2. The van der Waals surface area contributed by atoms with Gasteiger partial charge >= 0.3 is 6.03 Å². The Morgan fingerprint density at radius 3 is 2.77 bits per heavy atom. The van der Waals surface area contributed by atoms with Crippen LogP contribution in [0.1, 0.15) is 31.2 Å². The molecule has 2 unspecified atom stereocenters. The first-order valence-electron chi connectivity index (χ1n) is 9.90. The first kappa shape index (κ1) is 20.4. The van der Waals surface area contributed by atoms with Gasteiger partial charge in [0.05, 0.1) is 18.2 Å². The topological polar surface area (TPSA) is 117 Å². The molecule has 1 saturated heterocycles. The second kappa shape index (κ2) is 8.86. The number of amides is 4. The predicted molar refractivity (Wildman–Crippen MR) is 108 cm³/mol. The smallest absolute Gasteiger partial charge is 0.324 e. The normalized spacial score (nSPS) is 21.4. The molecule has 2 aromatic rings. The summed E-state index contributed by atoms with van der Waals surface area (Å²) in [4.78, 5) is 38.4. The Labute approximate surface area is 178 Å². The second-order valence-electron chi connectivity index (χ2n) is 7.55. The van der Waals surface area contributed by atoms with Crippen molar-refractivity contribution in [2.24, 2.45) is 5.92 Å². The average molecular weight is 430 g/mol. The SMILES string of the molecule is CC1NC(=O)N(Cc2ccccc2)C(=O)C1Cc1nnc(SCC(=O)NC2CC2)o1. The molecular weight excluding hydrogens is 406 g/mol. The third kappa shape index (κ3) is 4.99. The third-order valence-electron chi connectivity index (χ3n) is 5.08. The monoisotopic (exact) mass is 429 g/mol. The van der Waals surface area contributed by atoms with Gasteiger partial charge in [0.2, 0.25) is 17.7 Å². The van der Waals surface area contributed by atoms with E-state index in [0.717, 1.165) is 18.4 Å². The van der Waals surface area contributed by atoms with Gasteiger partial charge in [0, 0.05) is 18.5 Å². The number of imide groups is 1. The second-order valence-corrected chi connectivity index (χ2v) is 8.48. The summed E-state index contributed by atoms with van der Waals surface area (Å²) in [5, 5.41) is 14.0. The standard InChI is InChI=1S/C20H23N5O4S/c1-12-15(18(27)25(19(28)21-12)10-13-5-3-2-4-6-13)9-17-23-24-20(29-17)30-11-16(26)22-14-7-8-14/h2-6,12,14-15H,7-11H2,1H3,(H,21,28)(H,22,26). The van der Waals surface area contributed by atoms with Crippen LogP contribution in [0.25, 0.3) is 0 Å². The van der Waals surface area contributed by atoms with Crippen molar-refractivity contribution in [3.05, 3.63) is 41.8 Å². The fraction of sp³-hybridized carbons (Fsp3) is 0.450. The van der Waals surface area contributed by atoms with E-state index in [2.05, 4.69) is 20.8 Å². The van der Waals surface area contributed by atoms with Crippen LogP contribution in [-0.4, -0.2) is 50.8 Å². The van der Waals surface area contributed by atoms with E-state index in [1.807, 2.05) is 30.3 Å². The highest BCUT2D eigenvalue weighted by molar-refractivity contribution is 7.99. The number of benzene rings is 1. The van der Waals surface area contributed by atoms with Crippen molar-refractivity contribution >= 4 is 29.6 Å². The maximum Gasteiger partial charge on any atom is 0.324 e. The van der Waals surface area contributed by atoms with Crippen LogP contribution in [0.2, 0.25) is 0 Å². The fourth-order valence-electron chi connectivity index (χ4n) is 3.26. The average Bonchev–Trinajstić information content (AvgIpc) is 3.43. The minimum absolute atomic E-state index is 0.0578. The first-order chi connectivity index (χ1) is 14.5. The molecule has 2 fully saturated rings. The fourth-order valence-corrected chi connectivity index (χ4v) is 3.85. The van der Waals surface area contributed by atoms with E-state index in [4.69, 9.17) is 4.42 Å². The van der Waals surface area contributed by atoms with Gasteiger partial charge in [0.1, 0.15) is 0 Å². The summed E-state index contributed by atoms with van der Waals surface area (Å²) in [6, 6.07) is 8.90. The Morgan fingerprint density at radius 2 is 2.03 bits per heavy atom. The van der Waals surface area contributed by atoms with E-state index in [1.54, 1.807) is 6.92 Å². The zero-order valence-electron chi connectivity index (χ0n) is 16.5. The molecule has 1 saturated carbocycles. The minimum Gasteiger partial charge on any atom is -0.416 e. The van der Waals surface area contributed by atoms with E-state index >= 15 is 0 Å². The Morgan fingerprint density at radius 1 is 1.27 bits per heavy atom. The van der Waals surface area contributed by atoms with Crippen molar-refractivity contribution in [3.63, 3.8) is 0 Å². The van der Waals surface area contributed by atoms with Crippen LogP contribution in [-0.2, 0) is 22.6 Å². The van der Waals surface area contributed by atoms with Crippen molar-refractivity contribution in [2.45, 2.75) is 50.0 Å². The van der Waals surface area contributed by atoms with Crippen LogP contribution in [0.3, 0.4) is 0 Å². The third-order valence-corrected chi connectivity index (χ3v) is 5.90. The molecule has 1 aliphatic carbocycles. The number of thioether (sulfide) groups is 1. The van der Waals surface area contributed by atoms with E-state index in [9.17, 15) is 14.4 Å². The van der Waals surface area contributed by atoms with Gasteiger partial charge in [0.25, 0.3) is 5.22 Å². The molecule has 158 valence electrons. The van der Waals surface area contributed by atoms with Gasteiger partial charge in [-0.3, -0.25) is 14.5 Å². The lowest BCUT2D eigenvalue weighted by molar-refractivity contribution is -0.135. The summed E-state index contributed by atoms with van der Waals surface area (Å²) in [5.41, 5.74) is 0.871. The molecule has 2 aliphatic rings. The molecule has 4 rings (SSSR count). The maximum absolute atomic E-state index is 13.0. The van der Waals surface area contributed by atoms with E-state index in [0.29, 0.717) is 11.9 Å². The summed E-state index contributed by atoms with van der Waals surface area (Å²) in [7, 11) is 0. The molecular formula is C20H23N5O4S. The van der Waals surface area contributed by atoms with Gasteiger partial charge in [-0.05, 0) is 25.3 Å². The van der Waals surface area contributed by atoms with Gasteiger partial charge in [-0.15, -0.1) is 10.2 Å². The lowest BCUT2D eigenvalue weighted by Gasteiger charge is -2.35. The highest BCUT2D eigenvalue weighted by atomic mass is 32.2. The number of carbonyl (C=O) groups is 3. The largest absolute Gasteiger partial charge is 0.416 e. The molecule has 0 radical (unpaired) electrons. The van der Waals surface area contributed by atoms with Crippen molar-refractivity contribution in [1.82, 2.24) is 25.7 Å². The highest BCUT2D eigenvalue weighted by Gasteiger charge is 2.39. The summed E-state index contributed by atoms with van der Waals surface area (Å²) < 4.78 is 5.61. The number of nitrogens with one attached hydrogen (secondary N) is 2. The van der Waals surface area contributed by atoms with Gasteiger partial charge in [-0.25, -0.2) is 4.79 Å². The molecule has 1 aromatic carbocycles. The highest BCUT2D eigenvalue weighted by Crippen LogP contribution is 2.24. The maximum atomic E-state index is 13.0. The van der Waals surface area contributed by atoms with Crippen LogP contribution < -0.4 is 10.6 Å². The molecule has 2 heterocycles. The van der Waals surface area contributed by atoms with Crippen molar-refractivity contribution in [3.8, 4) is 0 Å². The minimum atomic E-state index is -0.511. The Hall–Kier alpha value is -2.88. The molecule has 10 heteroatoms. The summed E-state index contributed by atoms with van der Waals surface area (Å²) in [5.74, 6) is -0.328. The molecule has 1 aliphatic heterocycles. The molecule has 2 N–H and O–H groups in total. The number of hydrogen-bond acceptors (Lipinski definition) is 7. The van der Waals surface area contributed by atoms with Crippen LogP contribution in [0, 0.1) is 5.92 Å². The number of carbonyl (C=O) groups excluding carboxylic acids is 3.